The van der Waals surface area contributed by atoms with Crippen LogP contribution >= 0.6 is 0 Å². The van der Waals surface area contributed by atoms with Gasteiger partial charge in [-0.2, -0.15) is 5.10 Å². The standard InChI is InChI=1S/C16H24F2N4O/c1-9(2)6-22-14(15(17)18)11(5-20-22)16(23)21-7-10-3-4-13(19)12(10)8-21/h5,9-10,12-13,15H,3-4,6-8,19H2,1-2H3. The van der Waals surface area contributed by atoms with Gasteiger partial charge in [-0.3, -0.25) is 9.48 Å². The molecule has 5 nitrogen and oxygen atoms in total. The molecule has 1 amide bonds. The van der Waals surface area contributed by atoms with E-state index in [9.17, 15) is 13.6 Å². The maximum absolute atomic E-state index is 13.5. The van der Waals surface area contributed by atoms with Crippen molar-refractivity contribution >= 4 is 5.91 Å². The number of aromatic nitrogens is 2. The predicted molar refractivity (Wildman–Crippen MR) is 82.1 cm³/mol. The number of hydrogen-bond donors (Lipinski definition) is 1. The van der Waals surface area contributed by atoms with Gasteiger partial charge in [0, 0.05) is 25.7 Å². The number of nitrogens with two attached hydrogens (primary N) is 1. The Morgan fingerprint density at radius 3 is 2.74 bits per heavy atom. The first kappa shape index (κ1) is 16.4. The molecule has 1 aromatic rings. The maximum Gasteiger partial charge on any atom is 0.280 e. The zero-order valence-electron chi connectivity index (χ0n) is 13.6. The first-order valence-electron chi connectivity index (χ1n) is 8.27. The van der Waals surface area contributed by atoms with Gasteiger partial charge in [-0.05, 0) is 30.6 Å². The van der Waals surface area contributed by atoms with Crippen LogP contribution in [-0.4, -0.2) is 39.7 Å². The van der Waals surface area contributed by atoms with Crippen molar-refractivity contribution in [1.82, 2.24) is 14.7 Å². The van der Waals surface area contributed by atoms with Crippen LogP contribution in [0.4, 0.5) is 8.78 Å². The first-order valence-corrected chi connectivity index (χ1v) is 8.27. The molecule has 0 aromatic carbocycles. The highest BCUT2D eigenvalue weighted by Gasteiger charge is 2.43. The molecule has 0 spiro atoms. The molecule has 0 radical (unpaired) electrons. The Kier molecular flexibility index (Phi) is 4.40. The molecule has 2 N–H and O–H groups in total. The van der Waals surface area contributed by atoms with Gasteiger partial charge in [0.1, 0.15) is 5.69 Å². The van der Waals surface area contributed by atoms with Crippen molar-refractivity contribution in [3.05, 3.63) is 17.5 Å². The highest BCUT2D eigenvalue weighted by Crippen LogP contribution is 2.38. The molecule has 2 fully saturated rings. The molecule has 2 aliphatic rings. The highest BCUT2D eigenvalue weighted by atomic mass is 19.3. The summed E-state index contributed by atoms with van der Waals surface area (Å²) in [7, 11) is 0. The van der Waals surface area contributed by atoms with Gasteiger partial charge in [-0.15, -0.1) is 0 Å². The van der Waals surface area contributed by atoms with Gasteiger partial charge in [-0.1, -0.05) is 13.8 Å². The van der Waals surface area contributed by atoms with Crippen LogP contribution in [0.15, 0.2) is 6.20 Å². The minimum atomic E-state index is -2.71. The molecule has 7 heteroatoms. The fourth-order valence-corrected chi connectivity index (χ4v) is 3.92. The first-order chi connectivity index (χ1) is 10.9. The van der Waals surface area contributed by atoms with Gasteiger partial charge < -0.3 is 10.6 Å². The minimum Gasteiger partial charge on any atom is -0.338 e. The minimum absolute atomic E-state index is 0.0363. The van der Waals surface area contributed by atoms with Crippen molar-refractivity contribution < 1.29 is 13.6 Å². The number of amides is 1. The lowest BCUT2D eigenvalue weighted by Crippen LogP contribution is -2.33. The number of alkyl halides is 2. The van der Waals surface area contributed by atoms with Crippen LogP contribution in [0, 0.1) is 17.8 Å². The fraction of sp³-hybridized carbons (Fsp3) is 0.750. The van der Waals surface area contributed by atoms with E-state index >= 15 is 0 Å². The third-order valence-corrected chi connectivity index (χ3v) is 5.05. The summed E-state index contributed by atoms with van der Waals surface area (Å²) >= 11 is 0. The second kappa shape index (κ2) is 6.19. The van der Waals surface area contributed by atoms with Crippen LogP contribution < -0.4 is 5.73 Å². The van der Waals surface area contributed by atoms with Crippen LogP contribution in [-0.2, 0) is 6.54 Å². The van der Waals surface area contributed by atoms with E-state index in [0.717, 1.165) is 12.8 Å². The summed E-state index contributed by atoms with van der Waals surface area (Å²) in [6, 6.07) is 0.121. The van der Waals surface area contributed by atoms with Crippen LogP contribution in [0.5, 0.6) is 0 Å². The lowest BCUT2D eigenvalue weighted by atomic mass is 9.98. The number of rotatable bonds is 4. The van der Waals surface area contributed by atoms with Crippen molar-refractivity contribution in [2.75, 3.05) is 13.1 Å². The lowest BCUT2D eigenvalue weighted by Gasteiger charge is -2.19. The number of nitrogens with zero attached hydrogens (tertiary/aromatic N) is 3. The van der Waals surface area contributed by atoms with Crippen molar-refractivity contribution in [2.45, 2.75) is 45.7 Å². The van der Waals surface area contributed by atoms with Gasteiger partial charge in [0.15, 0.2) is 0 Å². The molecule has 1 aliphatic carbocycles. The fourth-order valence-electron chi connectivity index (χ4n) is 3.92. The zero-order valence-corrected chi connectivity index (χ0v) is 13.6. The number of hydrogen-bond acceptors (Lipinski definition) is 3. The smallest absolute Gasteiger partial charge is 0.280 e. The topological polar surface area (TPSA) is 64.2 Å². The molecule has 3 unspecified atom stereocenters. The van der Waals surface area contributed by atoms with E-state index in [0.29, 0.717) is 31.5 Å². The predicted octanol–water partition coefficient (Wildman–Crippen LogP) is 2.29. The van der Waals surface area contributed by atoms with E-state index in [-0.39, 0.29) is 29.1 Å². The van der Waals surface area contributed by atoms with Gasteiger partial charge in [0.05, 0.1) is 11.8 Å². The molecule has 3 atom stereocenters. The van der Waals surface area contributed by atoms with Crippen molar-refractivity contribution in [3.63, 3.8) is 0 Å². The SMILES string of the molecule is CC(C)Cn1ncc(C(=O)N2CC3CCC(N)C3C2)c1C(F)F. The Labute approximate surface area is 134 Å². The van der Waals surface area contributed by atoms with Crippen molar-refractivity contribution in [3.8, 4) is 0 Å². The van der Waals surface area contributed by atoms with E-state index in [2.05, 4.69) is 5.10 Å². The largest absolute Gasteiger partial charge is 0.338 e. The third-order valence-electron chi connectivity index (χ3n) is 5.05. The van der Waals surface area contributed by atoms with E-state index in [1.807, 2.05) is 13.8 Å². The van der Waals surface area contributed by atoms with Crippen LogP contribution in [0.2, 0.25) is 0 Å². The second-order valence-corrected chi connectivity index (χ2v) is 7.20. The summed E-state index contributed by atoms with van der Waals surface area (Å²) in [5, 5.41) is 4.02. The van der Waals surface area contributed by atoms with E-state index in [1.54, 1.807) is 4.90 Å². The van der Waals surface area contributed by atoms with Gasteiger partial charge in [0.25, 0.3) is 12.3 Å². The van der Waals surface area contributed by atoms with Crippen LogP contribution in [0.25, 0.3) is 0 Å². The number of carbonyl (C=O) groups excluding carboxylic acids is 1. The Morgan fingerprint density at radius 2 is 2.13 bits per heavy atom. The Balaban J connectivity index is 1.81. The summed E-state index contributed by atoms with van der Waals surface area (Å²) in [6.07, 6.45) is 0.593. The summed E-state index contributed by atoms with van der Waals surface area (Å²) in [4.78, 5) is 14.4. The molecule has 128 valence electrons. The number of fused-ring (bicyclic) bond motifs is 1. The average molecular weight is 326 g/mol. The third kappa shape index (κ3) is 2.98. The van der Waals surface area contributed by atoms with E-state index in [1.165, 1.54) is 10.9 Å². The Hall–Kier alpha value is -1.50. The molecule has 1 aromatic heterocycles. The molecule has 1 saturated heterocycles. The monoisotopic (exact) mass is 326 g/mol. The summed E-state index contributed by atoms with van der Waals surface area (Å²) in [5.41, 5.74) is 5.86. The number of carbonyl (C=O) groups is 1. The van der Waals surface area contributed by atoms with Crippen LogP contribution in [0.1, 0.15) is 49.2 Å². The normalized spacial score (nSPS) is 27.3. The number of halogens is 2. The number of likely N-dealkylation sites (tertiary alicyclic amines) is 1. The molecule has 0 bridgehead atoms. The summed E-state index contributed by atoms with van der Waals surface area (Å²) in [5.74, 6) is 0.561. The Morgan fingerprint density at radius 1 is 1.39 bits per heavy atom. The van der Waals surface area contributed by atoms with Crippen molar-refractivity contribution in [1.29, 1.82) is 0 Å². The molecular formula is C16H24F2N4O. The van der Waals surface area contributed by atoms with Gasteiger partial charge >= 0.3 is 0 Å². The molecular weight excluding hydrogens is 302 g/mol. The zero-order chi connectivity index (χ0) is 16.7. The maximum atomic E-state index is 13.5. The van der Waals surface area contributed by atoms with Crippen molar-refractivity contribution in [2.24, 2.45) is 23.5 Å². The highest BCUT2D eigenvalue weighted by molar-refractivity contribution is 5.95. The Bertz CT molecular complexity index is 587. The molecule has 1 aliphatic heterocycles. The van der Waals surface area contributed by atoms with E-state index in [4.69, 9.17) is 5.73 Å². The molecule has 3 rings (SSSR count). The average Bonchev–Trinajstić information content (AvgIpc) is 3.13. The van der Waals surface area contributed by atoms with Crippen LogP contribution in [0.3, 0.4) is 0 Å². The van der Waals surface area contributed by atoms with Gasteiger partial charge in [0.2, 0.25) is 0 Å². The quantitative estimate of drug-likeness (QED) is 0.923. The lowest BCUT2D eigenvalue weighted by molar-refractivity contribution is 0.0764. The second-order valence-electron chi connectivity index (χ2n) is 7.20. The van der Waals surface area contributed by atoms with Gasteiger partial charge in [-0.25, -0.2) is 8.78 Å². The molecule has 23 heavy (non-hydrogen) atoms. The summed E-state index contributed by atoms with van der Waals surface area (Å²) < 4.78 is 28.2. The molecule has 2 heterocycles. The van der Waals surface area contributed by atoms with E-state index < -0.39 is 6.43 Å². The summed E-state index contributed by atoms with van der Waals surface area (Å²) in [6.45, 7) is 5.43. The molecule has 1 saturated carbocycles.